The number of carbonyl (C=O) groups is 2. The Balaban J connectivity index is 2.15. The lowest BCUT2D eigenvalue weighted by Crippen LogP contribution is -2.49. The van der Waals surface area contributed by atoms with Crippen molar-refractivity contribution in [3.8, 4) is 0 Å². The number of benzene rings is 2. The fraction of sp³-hybridized carbons (Fsp3) is 0.333. The minimum absolute atomic E-state index is 0.0161. The summed E-state index contributed by atoms with van der Waals surface area (Å²) in [5.41, 5.74) is 2.12. The van der Waals surface area contributed by atoms with Gasteiger partial charge in [0.05, 0.1) is 6.42 Å². The van der Waals surface area contributed by atoms with Crippen LogP contribution in [0.3, 0.4) is 0 Å². The molecule has 132 valence electrons. The normalized spacial score (nSPS) is 11.6. The maximum Gasteiger partial charge on any atom is 0.242 e. The fourth-order valence-corrected chi connectivity index (χ4v) is 2.93. The Kier molecular flexibility index (Phi) is 7.20. The second-order valence-electron chi connectivity index (χ2n) is 6.02. The minimum atomic E-state index is -0.440. The van der Waals surface area contributed by atoms with Crippen molar-refractivity contribution < 1.29 is 9.59 Å². The van der Waals surface area contributed by atoms with Crippen molar-refractivity contribution in [1.82, 2.24) is 10.2 Å². The Labute approximate surface area is 149 Å². The molecule has 0 saturated carbocycles. The SMILES string of the molecule is CC[C@@H](C(=O)NC)N(CCc1ccccc1)C(=O)Cc1ccccc1. The van der Waals surface area contributed by atoms with Gasteiger partial charge in [0, 0.05) is 13.6 Å². The molecule has 2 rings (SSSR count). The van der Waals surface area contributed by atoms with Crippen molar-refractivity contribution >= 4 is 11.8 Å². The van der Waals surface area contributed by atoms with Crippen molar-refractivity contribution in [3.05, 3.63) is 71.8 Å². The molecule has 4 heteroatoms. The van der Waals surface area contributed by atoms with E-state index in [1.54, 1.807) is 11.9 Å². The maximum atomic E-state index is 12.9. The maximum absolute atomic E-state index is 12.9. The molecule has 0 spiro atoms. The third-order valence-corrected chi connectivity index (χ3v) is 4.31. The van der Waals surface area contributed by atoms with E-state index < -0.39 is 6.04 Å². The number of hydrogen-bond donors (Lipinski definition) is 1. The average molecular weight is 338 g/mol. The molecule has 0 aliphatic heterocycles. The van der Waals surface area contributed by atoms with Crippen LogP contribution < -0.4 is 5.32 Å². The monoisotopic (exact) mass is 338 g/mol. The summed E-state index contributed by atoms with van der Waals surface area (Å²) in [4.78, 5) is 26.9. The topological polar surface area (TPSA) is 49.4 Å². The summed E-state index contributed by atoms with van der Waals surface area (Å²) in [7, 11) is 1.61. The quantitative estimate of drug-likeness (QED) is 0.805. The highest BCUT2D eigenvalue weighted by Crippen LogP contribution is 2.12. The molecule has 0 aromatic heterocycles. The van der Waals surface area contributed by atoms with Crippen LogP contribution in [-0.2, 0) is 22.4 Å². The second kappa shape index (κ2) is 9.62. The number of rotatable bonds is 8. The van der Waals surface area contributed by atoms with E-state index in [9.17, 15) is 9.59 Å². The number of nitrogens with one attached hydrogen (secondary N) is 1. The van der Waals surface area contributed by atoms with Crippen molar-refractivity contribution in [2.75, 3.05) is 13.6 Å². The Morgan fingerprint density at radius 1 is 0.960 bits per heavy atom. The number of amides is 2. The number of hydrogen-bond acceptors (Lipinski definition) is 2. The molecule has 0 saturated heterocycles. The summed E-state index contributed by atoms with van der Waals surface area (Å²) >= 11 is 0. The van der Waals surface area contributed by atoms with Crippen molar-refractivity contribution in [2.24, 2.45) is 0 Å². The van der Waals surface area contributed by atoms with E-state index in [0.29, 0.717) is 19.4 Å². The molecule has 1 N–H and O–H groups in total. The zero-order valence-corrected chi connectivity index (χ0v) is 14.9. The molecule has 0 bridgehead atoms. The summed E-state index contributed by atoms with van der Waals surface area (Å²) in [5.74, 6) is -0.130. The molecule has 1 atom stereocenters. The van der Waals surface area contributed by atoms with Gasteiger partial charge in [-0.15, -0.1) is 0 Å². The Morgan fingerprint density at radius 3 is 2.04 bits per heavy atom. The molecular formula is C21H26N2O2. The Hall–Kier alpha value is -2.62. The van der Waals surface area contributed by atoms with E-state index in [1.165, 1.54) is 0 Å². The summed E-state index contributed by atoms with van der Waals surface area (Å²) < 4.78 is 0. The van der Waals surface area contributed by atoms with Gasteiger partial charge in [-0.2, -0.15) is 0 Å². The first-order valence-electron chi connectivity index (χ1n) is 8.74. The predicted molar refractivity (Wildman–Crippen MR) is 100 cm³/mol. The standard InChI is InChI=1S/C21H26N2O2/c1-3-19(21(25)22-2)23(15-14-17-10-6-4-7-11-17)20(24)16-18-12-8-5-9-13-18/h4-13,19H,3,14-16H2,1-2H3,(H,22,25)/t19-/m0/s1. The molecule has 4 nitrogen and oxygen atoms in total. The Bertz CT molecular complexity index is 671. The summed E-state index contributed by atoms with van der Waals surface area (Å²) in [6.45, 7) is 2.47. The van der Waals surface area contributed by atoms with Crippen molar-refractivity contribution in [3.63, 3.8) is 0 Å². The average Bonchev–Trinajstić information content (AvgIpc) is 2.66. The zero-order valence-electron chi connectivity index (χ0n) is 14.9. The van der Waals surface area contributed by atoms with E-state index >= 15 is 0 Å². The largest absolute Gasteiger partial charge is 0.357 e. The van der Waals surface area contributed by atoms with Gasteiger partial charge < -0.3 is 10.2 Å². The van der Waals surface area contributed by atoms with Gasteiger partial charge in [0.25, 0.3) is 0 Å². The summed E-state index contributed by atoms with van der Waals surface area (Å²) in [6, 6.07) is 19.2. The van der Waals surface area contributed by atoms with E-state index in [2.05, 4.69) is 5.32 Å². The first-order valence-corrected chi connectivity index (χ1v) is 8.74. The predicted octanol–water partition coefficient (Wildman–Crippen LogP) is 2.83. The van der Waals surface area contributed by atoms with Crippen molar-refractivity contribution in [2.45, 2.75) is 32.2 Å². The molecule has 2 amide bonds. The molecule has 0 aliphatic carbocycles. The van der Waals surface area contributed by atoms with Gasteiger partial charge >= 0.3 is 0 Å². The van der Waals surface area contributed by atoms with Crippen LogP contribution >= 0.6 is 0 Å². The summed E-state index contributed by atoms with van der Waals surface area (Å²) in [5, 5.41) is 2.68. The Morgan fingerprint density at radius 2 is 1.52 bits per heavy atom. The van der Waals surface area contributed by atoms with Crippen LogP contribution in [0.5, 0.6) is 0 Å². The van der Waals surface area contributed by atoms with Gasteiger partial charge in [-0.25, -0.2) is 0 Å². The van der Waals surface area contributed by atoms with Gasteiger partial charge in [-0.05, 0) is 24.0 Å². The molecule has 0 heterocycles. The third-order valence-electron chi connectivity index (χ3n) is 4.31. The number of carbonyl (C=O) groups excluding carboxylic acids is 2. The third kappa shape index (κ3) is 5.45. The molecule has 2 aromatic carbocycles. The molecule has 25 heavy (non-hydrogen) atoms. The molecule has 0 fully saturated rings. The van der Waals surface area contributed by atoms with Crippen LogP contribution in [0.4, 0.5) is 0 Å². The minimum Gasteiger partial charge on any atom is -0.357 e. The van der Waals surface area contributed by atoms with Crippen molar-refractivity contribution in [1.29, 1.82) is 0 Å². The number of likely N-dealkylation sites (N-methyl/N-ethyl adjacent to an activating group) is 1. The first kappa shape index (κ1) is 18.7. The molecule has 2 aromatic rings. The number of nitrogens with zero attached hydrogens (tertiary/aromatic N) is 1. The summed E-state index contributed by atoms with van der Waals surface area (Å²) in [6.07, 6.45) is 1.63. The van der Waals surface area contributed by atoms with Gasteiger partial charge in [0.2, 0.25) is 11.8 Å². The zero-order chi connectivity index (χ0) is 18.1. The fourth-order valence-electron chi connectivity index (χ4n) is 2.93. The van der Waals surface area contributed by atoms with E-state index in [0.717, 1.165) is 17.5 Å². The first-order chi connectivity index (χ1) is 12.2. The van der Waals surface area contributed by atoms with Gasteiger partial charge in [0.15, 0.2) is 0 Å². The van der Waals surface area contributed by atoms with Crippen LogP contribution in [-0.4, -0.2) is 36.3 Å². The lowest BCUT2D eigenvalue weighted by atomic mass is 10.1. The lowest BCUT2D eigenvalue weighted by Gasteiger charge is -2.30. The highest BCUT2D eigenvalue weighted by atomic mass is 16.2. The van der Waals surface area contributed by atoms with Crippen LogP contribution in [0.2, 0.25) is 0 Å². The second-order valence-corrected chi connectivity index (χ2v) is 6.02. The van der Waals surface area contributed by atoms with Gasteiger partial charge in [-0.1, -0.05) is 67.6 Å². The molecule has 0 unspecified atom stereocenters. The van der Waals surface area contributed by atoms with E-state index in [4.69, 9.17) is 0 Å². The van der Waals surface area contributed by atoms with Gasteiger partial charge in [0.1, 0.15) is 6.04 Å². The molecule has 0 aliphatic rings. The highest BCUT2D eigenvalue weighted by molar-refractivity contribution is 5.88. The smallest absolute Gasteiger partial charge is 0.242 e. The van der Waals surface area contributed by atoms with E-state index in [1.807, 2.05) is 67.6 Å². The van der Waals surface area contributed by atoms with Crippen LogP contribution in [0, 0.1) is 0 Å². The lowest BCUT2D eigenvalue weighted by molar-refractivity contribution is -0.140. The van der Waals surface area contributed by atoms with Gasteiger partial charge in [-0.3, -0.25) is 9.59 Å². The highest BCUT2D eigenvalue weighted by Gasteiger charge is 2.27. The van der Waals surface area contributed by atoms with Crippen LogP contribution in [0.15, 0.2) is 60.7 Å². The molecular weight excluding hydrogens is 312 g/mol. The van der Waals surface area contributed by atoms with E-state index in [-0.39, 0.29) is 11.8 Å². The van der Waals surface area contributed by atoms with Crippen LogP contribution in [0.1, 0.15) is 24.5 Å². The molecule has 0 radical (unpaired) electrons. The van der Waals surface area contributed by atoms with Crippen LogP contribution in [0.25, 0.3) is 0 Å².